The maximum Gasteiger partial charge on any atom is 0.246 e. The molecule has 0 radical (unpaired) electrons. The zero-order valence-electron chi connectivity index (χ0n) is 12.6. The zero-order chi connectivity index (χ0) is 16.7. The van der Waals surface area contributed by atoms with E-state index < -0.39 is 12.3 Å². The summed E-state index contributed by atoms with van der Waals surface area (Å²) in [6.45, 7) is 1.43. The number of H-pyrrole nitrogens is 1. The normalized spacial score (nSPS) is 13.0. The Hall–Kier alpha value is -3.03. The molecule has 0 saturated carbocycles. The highest BCUT2D eigenvalue weighted by Gasteiger charge is 2.23. The van der Waals surface area contributed by atoms with Gasteiger partial charge in [0.2, 0.25) is 6.43 Å². The molecule has 2 N–H and O–H groups in total. The SMILES string of the molecule is CC(c1noc2cc(Nc3n[nH]c4cccnc34)ccc12)C(F)F. The first-order chi connectivity index (χ1) is 11.6. The smallest absolute Gasteiger partial charge is 0.246 e. The van der Waals surface area contributed by atoms with Gasteiger partial charge >= 0.3 is 0 Å². The van der Waals surface area contributed by atoms with E-state index in [0.29, 0.717) is 28.0 Å². The number of anilines is 2. The molecule has 0 saturated heterocycles. The number of halogens is 2. The fourth-order valence-corrected chi connectivity index (χ4v) is 2.56. The topological polar surface area (TPSA) is 79.6 Å². The Kier molecular flexibility index (Phi) is 3.37. The average molecular weight is 329 g/mol. The lowest BCUT2D eigenvalue weighted by Crippen LogP contribution is -2.05. The van der Waals surface area contributed by atoms with Crippen molar-refractivity contribution in [2.75, 3.05) is 5.32 Å². The first-order valence-corrected chi connectivity index (χ1v) is 7.37. The molecule has 3 aromatic heterocycles. The van der Waals surface area contributed by atoms with Gasteiger partial charge in [0.25, 0.3) is 0 Å². The van der Waals surface area contributed by atoms with Crippen LogP contribution < -0.4 is 5.32 Å². The molecular weight excluding hydrogens is 316 g/mol. The van der Waals surface area contributed by atoms with Crippen LogP contribution in [0.3, 0.4) is 0 Å². The summed E-state index contributed by atoms with van der Waals surface area (Å²) in [6, 6.07) is 8.87. The minimum Gasteiger partial charge on any atom is -0.356 e. The van der Waals surface area contributed by atoms with Crippen LogP contribution in [0.25, 0.3) is 22.0 Å². The van der Waals surface area contributed by atoms with E-state index >= 15 is 0 Å². The van der Waals surface area contributed by atoms with E-state index in [0.717, 1.165) is 5.52 Å². The fraction of sp³-hybridized carbons (Fsp3) is 0.188. The van der Waals surface area contributed by atoms with E-state index in [-0.39, 0.29) is 5.69 Å². The molecule has 24 heavy (non-hydrogen) atoms. The third kappa shape index (κ3) is 2.36. The first-order valence-electron chi connectivity index (χ1n) is 7.37. The Morgan fingerprint density at radius 3 is 2.96 bits per heavy atom. The van der Waals surface area contributed by atoms with Gasteiger partial charge in [0.1, 0.15) is 5.52 Å². The van der Waals surface area contributed by atoms with Crippen molar-refractivity contribution >= 4 is 33.5 Å². The van der Waals surface area contributed by atoms with Crippen LogP contribution in [0.4, 0.5) is 20.3 Å². The number of rotatable bonds is 4. The number of nitrogens with one attached hydrogen (secondary N) is 2. The lowest BCUT2D eigenvalue weighted by molar-refractivity contribution is 0.118. The Bertz CT molecular complexity index is 1010. The molecule has 3 heterocycles. The second-order valence-electron chi connectivity index (χ2n) is 5.50. The molecule has 0 aliphatic heterocycles. The molecule has 0 fully saturated rings. The summed E-state index contributed by atoms with van der Waals surface area (Å²) >= 11 is 0. The van der Waals surface area contributed by atoms with Crippen LogP contribution in [0, 0.1) is 0 Å². The molecule has 0 bridgehead atoms. The largest absolute Gasteiger partial charge is 0.356 e. The van der Waals surface area contributed by atoms with Crippen molar-refractivity contribution in [3.05, 3.63) is 42.2 Å². The molecule has 6 nitrogen and oxygen atoms in total. The maximum atomic E-state index is 12.9. The van der Waals surface area contributed by atoms with Gasteiger partial charge in [0.05, 0.1) is 17.1 Å². The van der Waals surface area contributed by atoms with Gasteiger partial charge in [-0.05, 0) is 24.3 Å². The number of fused-ring (bicyclic) bond motifs is 2. The van der Waals surface area contributed by atoms with E-state index in [9.17, 15) is 8.78 Å². The fourth-order valence-electron chi connectivity index (χ4n) is 2.56. The van der Waals surface area contributed by atoms with Crippen molar-refractivity contribution in [3.63, 3.8) is 0 Å². The van der Waals surface area contributed by atoms with Gasteiger partial charge in [-0.2, -0.15) is 5.10 Å². The van der Waals surface area contributed by atoms with E-state index in [1.807, 2.05) is 12.1 Å². The molecule has 1 atom stereocenters. The molecule has 122 valence electrons. The highest BCUT2D eigenvalue weighted by molar-refractivity contribution is 5.89. The maximum absolute atomic E-state index is 12.9. The summed E-state index contributed by atoms with van der Waals surface area (Å²) in [5.41, 5.74) is 2.93. The van der Waals surface area contributed by atoms with Crippen LogP contribution in [0.1, 0.15) is 18.5 Å². The third-order valence-corrected chi connectivity index (χ3v) is 3.89. The quantitative estimate of drug-likeness (QED) is 0.586. The molecule has 4 aromatic rings. The van der Waals surface area contributed by atoms with Crippen molar-refractivity contribution in [3.8, 4) is 0 Å². The summed E-state index contributed by atoms with van der Waals surface area (Å²) in [5, 5.41) is 14.6. The monoisotopic (exact) mass is 329 g/mol. The van der Waals surface area contributed by atoms with Gasteiger partial charge in [0, 0.05) is 23.3 Å². The predicted octanol–water partition coefficient (Wildman–Crippen LogP) is 4.21. The van der Waals surface area contributed by atoms with Crippen LogP contribution in [0.2, 0.25) is 0 Å². The Morgan fingerprint density at radius 2 is 2.12 bits per heavy atom. The van der Waals surface area contributed by atoms with Crippen LogP contribution in [-0.4, -0.2) is 26.8 Å². The number of aromatic nitrogens is 4. The van der Waals surface area contributed by atoms with Gasteiger partial charge in [-0.1, -0.05) is 12.1 Å². The molecule has 0 amide bonds. The van der Waals surface area contributed by atoms with Crippen molar-refractivity contribution in [2.45, 2.75) is 19.3 Å². The predicted molar refractivity (Wildman–Crippen MR) is 85.6 cm³/mol. The third-order valence-electron chi connectivity index (χ3n) is 3.89. The summed E-state index contributed by atoms with van der Waals surface area (Å²) < 4.78 is 31.0. The van der Waals surface area contributed by atoms with Gasteiger partial charge < -0.3 is 9.84 Å². The van der Waals surface area contributed by atoms with Crippen molar-refractivity contribution in [2.24, 2.45) is 0 Å². The first kappa shape index (κ1) is 14.6. The average Bonchev–Trinajstić information content (AvgIpc) is 3.18. The number of hydrogen-bond acceptors (Lipinski definition) is 5. The molecule has 4 rings (SSSR count). The Morgan fingerprint density at radius 1 is 1.25 bits per heavy atom. The van der Waals surface area contributed by atoms with E-state index in [4.69, 9.17) is 4.52 Å². The number of benzene rings is 1. The van der Waals surface area contributed by atoms with Crippen molar-refractivity contribution in [1.82, 2.24) is 20.3 Å². The van der Waals surface area contributed by atoms with Crippen molar-refractivity contribution in [1.29, 1.82) is 0 Å². The van der Waals surface area contributed by atoms with Gasteiger partial charge in [-0.25, -0.2) is 8.78 Å². The van der Waals surface area contributed by atoms with E-state index in [1.54, 1.807) is 24.4 Å². The van der Waals surface area contributed by atoms with Gasteiger partial charge in [0.15, 0.2) is 11.4 Å². The van der Waals surface area contributed by atoms with E-state index in [1.165, 1.54) is 6.92 Å². The van der Waals surface area contributed by atoms with Gasteiger partial charge in [-0.15, -0.1) is 0 Å². The molecule has 1 aromatic carbocycles. The molecular formula is C16H13F2N5O. The number of pyridine rings is 1. The second-order valence-corrected chi connectivity index (χ2v) is 5.50. The minimum atomic E-state index is -2.49. The number of aromatic amines is 1. The molecule has 8 heteroatoms. The standard InChI is InChI=1S/C16H13F2N5O/c1-8(15(17)18)13-10-5-4-9(7-12(10)24-23-13)20-16-14-11(21-22-16)3-2-6-19-14/h2-8,15H,1H3,(H2,20,21,22). The molecule has 0 aliphatic rings. The summed E-state index contributed by atoms with van der Waals surface area (Å²) in [4.78, 5) is 4.27. The lowest BCUT2D eigenvalue weighted by Gasteiger charge is -2.06. The minimum absolute atomic E-state index is 0.262. The number of alkyl halides is 2. The summed E-state index contributed by atoms with van der Waals surface area (Å²) in [7, 11) is 0. The summed E-state index contributed by atoms with van der Waals surface area (Å²) in [6.07, 6.45) is -0.807. The Balaban J connectivity index is 1.68. The Labute approximate surface area is 134 Å². The van der Waals surface area contributed by atoms with Gasteiger partial charge in [-0.3, -0.25) is 10.1 Å². The highest BCUT2D eigenvalue weighted by atomic mass is 19.3. The van der Waals surface area contributed by atoms with E-state index in [2.05, 4.69) is 25.7 Å². The molecule has 0 spiro atoms. The van der Waals surface area contributed by atoms with Crippen LogP contribution in [-0.2, 0) is 0 Å². The van der Waals surface area contributed by atoms with Crippen LogP contribution in [0.15, 0.2) is 41.1 Å². The van der Waals surface area contributed by atoms with Crippen LogP contribution in [0.5, 0.6) is 0 Å². The highest BCUT2D eigenvalue weighted by Crippen LogP contribution is 2.31. The summed E-state index contributed by atoms with van der Waals surface area (Å²) in [5.74, 6) is -0.407. The van der Waals surface area contributed by atoms with Crippen molar-refractivity contribution < 1.29 is 13.3 Å². The van der Waals surface area contributed by atoms with Crippen LogP contribution >= 0.6 is 0 Å². The second kappa shape index (κ2) is 5.55. The lowest BCUT2D eigenvalue weighted by atomic mass is 10.0. The number of hydrogen-bond donors (Lipinski definition) is 2. The molecule has 1 unspecified atom stereocenters. The zero-order valence-corrected chi connectivity index (χ0v) is 12.6. The number of nitrogens with zero attached hydrogens (tertiary/aromatic N) is 3. The molecule has 0 aliphatic carbocycles.